The summed E-state index contributed by atoms with van der Waals surface area (Å²) in [6.45, 7) is 3.22. The van der Waals surface area contributed by atoms with Crippen molar-refractivity contribution in [1.82, 2.24) is 15.3 Å². The Hall–Kier alpha value is -3.47. The molecule has 35 heavy (non-hydrogen) atoms. The molecule has 0 radical (unpaired) electrons. The fourth-order valence-corrected chi connectivity index (χ4v) is 5.69. The molecular weight excluding hydrogens is 470 g/mol. The van der Waals surface area contributed by atoms with E-state index in [1.807, 2.05) is 0 Å². The molecule has 2 fully saturated rings. The van der Waals surface area contributed by atoms with Crippen LogP contribution in [0.1, 0.15) is 24.0 Å². The molecule has 6 rings (SSSR count). The summed E-state index contributed by atoms with van der Waals surface area (Å²) in [4.78, 5) is 11.2. The zero-order valence-electron chi connectivity index (χ0n) is 18.9. The van der Waals surface area contributed by atoms with Crippen LogP contribution >= 0.6 is 11.6 Å². The number of benzene rings is 2. The number of terminal acetylenes is 1. The molecule has 2 atom stereocenters. The van der Waals surface area contributed by atoms with Gasteiger partial charge in [0.15, 0.2) is 5.82 Å². The van der Waals surface area contributed by atoms with Gasteiger partial charge in [-0.05, 0) is 48.9 Å². The Balaban J connectivity index is 1.62. The maximum atomic E-state index is 16.3. The van der Waals surface area contributed by atoms with E-state index in [4.69, 9.17) is 18.0 Å². The number of anilines is 1. The van der Waals surface area contributed by atoms with Crippen LogP contribution in [0.3, 0.4) is 0 Å². The Labute approximate surface area is 205 Å². The number of aromatic nitrogens is 2. The summed E-state index contributed by atoms with van der Waals surface area (Å²) in [5, 5.41) is 15.8. The van der Waals surface area contributed by atoms with Crippen LogP contribution in [0.2, 0.25) is 5.15 Å². The summed E-state index contributed by atoms with van der Waals surface area (Å²) in [7, 11) is 0. The molecule has 2 bridgehead atoms. The fraction of sp³-hybridized carbons (Fsp3) is 0.259. The third-order valence-corrected chi connectivity index (χ3v) is 7.48. The molecule has 0 saturated carbocycles. The Morgan fingerprint density at radius 3 is 2.63 bits per heavy atom. The topological polar surface area (TPSA) is 61.3 Å². The van der Waals surface area contributed by atoms with Crippen LogP contribution in [-0.4, -0.2) is 40.2 Å². The summed E-state index contributed by atoms with van der Waals surface area (Å²) in [6, 6.07) is 6.26. The van der Waals surface area contributed by atoms with Crippen molar-refractivity contribution in [1.29, 1.82) is 0 Å². The average Bonchev–Trinajstić information content (AvgIpc) is 3.18. The highest BCUT2D eigenvalue weighted by atomic mass is 35.5. The molecule has 0 spiro atoms. The highest BCUT2D eigenvalue weighted by Crippen LogP contribution is 2.41. The van der Waals surface area contributed by atoms with E-state index in [-0.39, 0.29) is 27.7 Å². The number of nitrogens with zero attached hydrogens (tertiary/aromatic N) is 3. The molecule has 8 heteroatoms. The summed E-state index contributed by atoms with van der Waals surface area (Å²) in [5.41, 5.74) is 0.635. The fourth-order valence-electron chi connectivity index (χ4n) is 5.51. The summed E-state index contributed by atoms with van der Waals surface area (Å²) in [6.07, 6.45) is 9.36. The second-order valence-electron chi connectivity index (χ2n) is 9.26. The van der Waals surface area contributed by atoms with Crippen LogP contribution in [-0.2, 0) is 0 Å². The van der Waals surface area contributed by atoms with Crippen molar-refractivity contribution in [2.24, 2.45) is 0 Å². The van der Waals surface area contributed by atoms with E-state index in [1.165, 1.54) is 24.3 Å². The maximum Gasteiger partial charge on any atom is 0.157 e. The molecular formula is C27H21ClF2N4O. The van der Waals surface area contributed by atoms with Gasteiger partial charge >= 0.3 is 0 Å². The van der Waals surface area contributed by atoms with Crippen LogP contribution in [0, 0.1) is 30.9 Å². The molecule has 176 valence electrons. The van der Waals surface area contributed by atoms with E-state index >= 15 is 4.39 Å². The van der Waals surface area contributed by atoms with Gasteiger partial charge in [-0.1, -0.05) is 23.6 Å². The van der Waals surface area contributed by atoms with Crippen LogP contribution < -0.4 is 10.2 Å². The lowest BCUT2D eigenvalue weighted by molar-refractivity contribution is 0.464. The number of hydrogen-bond donors (Lipinski definition) is 2. The molecule has 2 aromatic carbocycles. The van der Waals surface area contributed by atoms with Crippen molar-refractivity contribution in [3.63, 3.8) is 0 Å². The molecule has 2 aliphatic rings. The van der Waals surface area contributed by atoms with Crippen molar-refractivity contribution >= 4 is 39.0 Å². The largest absolute Gasteiger partial charge is 0.508 e. The molecule has 2 saturated heterocycles. The van der Waals surface area contributed by atoms with E-state index in [2.05, 4.69) is 26.1 Å². The predicted molar refractivity (Wildman–Crippen MR) is 134 cm³/mol. The van der Waals surface area contributed by atoms with Crippen molar-refractivity contribution in [2.45, 2.75) is 31.8 Å². The van der Waals surface area contributed by atoms with Gasteiger partial charge in [-0.3, -0.25) is 4.98 Å². The molecule has 2 aromatic heterocycles. The Bertz CT molecular complexity index is 1570. The minimum absolute atomic E-state index is 0.0136. The minimum atomic E-state index is -0.622. The number of phenols is 1. The van der Waals surface area contributed by atoms with Crippen molar-refractivity contribution in [2.75, 3.05) is 18.0 Å². The highest BCUT2D eigenvalue weighted by Gasteiger charge is 2.34. The first-order valence-corrected chi connectivity index (χ1v) is 11.8. The quantitative estimate of drug-likeness (QED) is 0.294. The normalized spacial score (nSPS) is 19.5. The number of hydrogen-bond acceptors (Lipinski definition) is 5. The number of piperazine rings is 1. The number of aryl methyl sites for hydroxylation is 1. The molecule has 2 aliphatic heterocycles. The smallest absolute Gasteiger partial charge is 0.157 e. The number of rotatable bonds is 2. The Kier molecular flexibility index (Phi) is 5.06. The third-order valence-electron chi connectivity index (χ3n) is 7.12. The van der Waals surface area contributed by atoms with Gasteiger partial charge in [0.05, 0.1) is 5.56 Å². The minimum Gasteiger partial charge on any atom is -0.508 e. The first-order chi connectivity index (χ1) is 16.9. The molecule has 2 N–H and O–H groups in total. The van der Waals surface area contributed by atoms with E-state index < -0.39 is 11.6 Å². The third kappa shape index (κ3) is 3.40. The second kappa shape index (κ2) is 8.04. The van der Waals surface area contributed by atoms with E-state index in [0.29, 0.717) is 45.0 Å². The van der Waals surface area contributed by atoms with Crippen molar-refractivity contribution in [3.8, 4) is 29.4 Å². The highest BCUT2D eigenvalue weighted by molar-refractivity contribution is 6.31. The number of aromatic hydroxyl groups is 1. The van der Waals surface area contributed by atoms with Crippen LogP contribution in [0.4, 0.5) is 14.6 Å². The van der Waals surface area contributed by atoms with Crippen molar-refractivity contribution in [3.05, 3.63) is 58.4 Å². The van der Waals surface area contributed by atoms with Gasteiger partial charge in [-0.15, -0.1) is 6.42 Å². The van der Waals surface area contributed by atoms with Crippen molar-refractivity contribution < 1.29 is 13.9 Å². The lowest BCUT2D eigenvalue weighted by Gasteiger charge is -2.34. The van der Waals surface area contributed by atoms with E-state index in [1.54, 1.807) is 13.1 Å². The average molecular weight is 491 g/mol. The number of halogens is 3. The van der Waals surface area contributed by atoms with Gasteiger partial charge in [0.25, 0.3) is 0 Å². The maximum absolute atomic E-state index is 16.3. The van der Waals surface area contributed by atoms with Crippen LogP contribution in [0.5, 0.6) is 5.75 Å². The first-order valence-electron chi connectivity index (χ1n) is 11.4. The van der Waals surface area contributed by atoms with Crippen LogP contribution in [0.15, 0.2) is 30.5 Å². The van der Waals surface area contributed by atoms with Gasteiger partial charge in [0, 0.05) is 53.1 Å². The molecule has 0 aliphatic carbocycles. The number of nitrogens with one attached hydrogen (secondary N) is 1. The standard InChI is InChI=1S/C27H21ClF2N4O/c1-3-18-21(29)7-4-14-8-17(35)9-19(23(14)18)25-24(30)22-13(2)26(28)33-27(20(22)10-31-25)34-11-15-5-6-16(12-34)32-15/h1,4,7-10,15-16,32,35H,5-6,11-12H2,2H3. The number of fused-ring (bicyclic) bond motifs is 4. The monoisotopic (exact) mass is 490 g/mol. The lowest BCUT2D eigenvalue weighted by Crippen LogP contribution is -2.51. The zero-order valence-corrected chi connectivity index (χ0v) is 19.6. The summed E-state index contributed by atoms with van der Waals surface area (Å²) in [5.74, 6) is 1.63. The van der Waals surface area contributed by atoms with Gasteiger partial charge in [0.2, 0.25) is 0 Å². The molecule has 2 unspecified atom stereocenters. The summed E-state index contributed by atoms with van der Waals surface area (Å²) >= 11 is 6.50. The number of phenolic OH excluding ortho intramolecular Hbond substituents is 1. The van der Waals surface area contributed by atoms with Gasteiger partial charge < -0.3 is 15.3 Å². The molecule has 4 aromatic rings. The van der Waals surface area contributed by atoms with Gasteiger partial charge in [-0.2, -0.15) is 0 Å². The molecule has 4 heterocycles. The number of pyridine rings is 2. The second-order valence-corrected chi connectivity index (χ2v) is 9.62. The van der Waals surface area contributed by atoms with E-state index in [0.717, 1.165) is 25.9 Å². The Morgan fingerprint density at radius 1 is 1.17 bits per heavy atom. The first kappa shape index (κ1) is 22.0. The SMILES string of the molecule is C#Cc1c(F)ccc2cc(O)cc(-c3ncc4c(N5CC6CCC(C5)N6)nc(Cl)c(C)c4c3F)c12. The summed E-state index contributed by atoms with van der Waals surface area (Å²) < 4.78 is 30.9. The Morgan fingerprint density at radius 2 is 1.91 bits per heavy atom. The molecule has 5 nitrogen and oxygen atoms in total. The zero-order chi connectivity index (χ0) is 24.4. The molecule has 0 amide bonds. The van der Waals surface area contributed by atoms with Gasteiger partial charge in [0.1, 0.15) is 28.2 Å². The van der Waals surface area contributed by atoms with Crippen LogP contribution in [0.25, 0.3) is 32.8 Å². The van der Waals surface area contributed by atoms with E-state index in [9.17, 15) is 9.50 Å². The lowest BCUT2D eigenvalue weighted by atomic mass is 9.95. The van der Waals surface area contributed by atoms with Gasteiger partial charge in [-0.25, -0.2) is 13.8 Å². The predicted octanol–water partition coefficient (Wildman–Crippen LogP) is 5.32.